The molecule has 0 spiro atoms. The molecule has 0 saturated heterocycles. The molecule has 0 saturated carbocycles. The quantitative estimate of drug-likeness (QED) is 0.417. The molecule has 7 nitrogen and oxygen atoms in total. The molecular weight excluding hydrogens is 419 g/mol. The second kappa shape index (κ2) is 6.94. The summed E-state index contributed by atoms with van der Waals surface area (Å²) < 4.78 is 24.5. The molecule has 2 aliphatic heterocycles. The number of ether oxygens (including phenoxy) is 1. The summed E-state index contributed by atoms with van der Waals surface area (Å²) in [6, 6.07) is 6.52. The van der Waals surface area contributed by atoms with E-state index in [1.807, 2.05) is 26.2 Å². The van der Waals surface area contributed by atoms with Crippen LogP contribution in [0.1, 0.15) is 48.1 Å². The molecule has 0 amide bonds. The number of nitrogen functional groups attached to an aromatic ring is 1. The third kappa shape index (κ3) is 2.85. The van der Waals surface area contributed by atoms with E-state index in [0.717, 1.165) is 46.7 Å². The molecule has 164 valence electrons. The van der Waals surface area contributed by atoms with Gasteiger partial charge in [0.2, 0.25) is 0 Å². The van der Waals surface area contributed by atoms with E-state index in [0.29, 0.717) is 17.0 Å². The SMILES string of the molecule is C#Cc1nc2n3c1-c1cnc(N)c(c1)O[C@H](C)c1cc(F)ccc1-c1nn(C)cc1[C@H]3CC2. The Kier molecular flexibility index (Phi) is 4.11. The molecule has 5 heterocycles. The van der Waals surface area contributed by atoms with Crippen molar-refractivity contribution in [2.24, 2.45) is 7.05 Å². The van der Waals surface area contributed by atoms with E-state index >= 15 is 0 Å². The third-order valence-electron chi connectivity index (χ3n) is 6.46. The Bertz CT molecular complexity index is 1480. The van der Waals surface area contributed by atoms with Crippen molar-refractivity contribution in [2.75, 3.05) is 5.73 Å². The van der Waals surface area contributed by atoms with Crippen molar-refractivity contribution in [3.8, 4) is 40.6 Å². The van der Waals surface area contributed by atoms with Crippen LogP contribution in [0.3, 0.4) is 0 Å². The van der Waals surface area contributed by atoms with Crippen molar-refractivity contribution in [1.82, 2.24) is 24.3 Å². The number of aryl methyl sites for hydroxylation is 2. The second-order valence-electron chi connectivity index (χ2n) is 8.50. The predicted molar refractivity (Wildman–Crippen MR) is 122 cm³/mol. The summed E-state index contributed by atoms with van der Waals surface area (Å²) in [4.78, 5) is 9.10. The van der Waals surface area contributed by atoms with Gasteiger partial charge in [0.05, 0.1) is 17.4 Å². The minimum atomic E-state index is -0.500. The summed E-state index contributed by atoms with van der Waals surface area (Å²) in [7, 11) is 1.89. The maximum atomic E-state index is 14.3. The Balaban J connectivity index is 1.71. The monoisotopic (exact) mass is 440 g/mol. The minimum absolute atomic E-state index is 0.0251. The number of benzene rings is 1. The van der Waals surface area contributed by atoms with Gasteiger partial charge in [0.15, 0.2) is 11.6 Å². The fourth-order valence-electron chi connectivity index (χ4n) is 5.04. The van der Waals surface area contributed by atoms with E-state index in [2.05, 4.69) is 15.5 Å². The highest BCUT2D eigenvalue weighted by Crippen LogP contribution is 2.44. The smallest absolute Gasteiger partial charge is 0.166 e. The van der Waals surface area contributed by atoms with Gasteiger partial charge in [-0.1, -0.05) is 0 Å². The molecule has 3 aromatic heterocycles. The van der Waals surface area contributed by atoms with Crippen LogP contribution in [0.5, 0.6) is 5.75 Å². The van der Waals surface area contributed by atoms with Gasteiger partial charge in [-0.25, -0.2) is 14.4 Å². The number of fused-ring (bicyclic) bond motifs is 7. The molecule has 2 bridgehead atoms. The van der Waals surface area contributed by atoms with E-state index in [1.165, 1.54) is 12.1 Å². The number of terminal acetylenes is 1. The molecule has 2 N–H and O–H groups in total. The Labute approximate surface area is 190 Å². The number of rotatable bonds is 0. The molecule has 0 radical (unpaired) electrons. The van der Waals surface area contributed by atoms with Crippen molar-refractivity contribution in [1.29, 1.82) is 0 Å². The molecule has 6 rings (SSSR count). The van der Waals surface area contributed by atoms with E-state index in [9.17, 15) is 4.39 Å². The molecule has 4 aromatic rings. The Morgan fingerprint density at radius 1 is 1.27 bits per heavy atom. The molecule has 2 aliphatic rings. The summed E-state index contributed by atoms with van der Waals surface area (Å²) in [6.07, 6.45) is 10.7. The van der Waals surface area contributed by atoms with Gasteiger partial charge in [0.1, 0.15) is 23.4 Å². The number of nitrogens with two attached hydrogens (primary N) is 1. The van der Waals surface area contributed by atoms with Crippen LogP contribution in [-0.2, 0) is 13.5 Å². The molecular formula is C25H21FN6O. The largest absolute Gasteiger partial charge is 0.482 e. The van der Waals surface area contributed by atoms with Crippen LogP contribution in [-0.4, -0.2) is 24.3 Å². The van der Waals surface area contributed by atoms with Gasteiger partial charge in [-0.2, -0.15) is 5.10 Å². The predicted octanol–water partition coefficient (Wildman–Crippen LogP) is 4.04. The Morgan fingerprint density at radius 2 is 2.12 bits per heavy atom. The van der Waals surface area contributed by atoms with Gasteiger partial charge in [-0.3, -0.25) is 4.68 Å². The fourth-order valence-corrected chi connectivity index (χ4v) is 5.04. The maximum Gasteiger partial charge on any atom is 0.166 e. The summed E-state index contributed by atoms with van der Waals surface area (Å²) in [6.45, 7) is 1.86. The molecule has 0 fully saturated rings. The minimum Gasteiger partial charge on any atom is -0.482 e. The Morgan fingerprint density at radius 3 is 2.94 bits per heavy atom. The topological polar surface area (TPSA) is 83.8 Å². The van der Waals surface area contributed by atoms with Crippen molar-refractivity contribution < 1.29 is 9.13 Å². The first-order valence-electron chi connectivity index (χ1n) is 10.8. The fraction of sp³-hybridized carbons (Fsp3) is 0.240. The highest BCUT2D eigenvalue weighted by molar-refractivity contribution is 5.73. The zero-order valence-electron chi connectivity index (χ0n) is 18.2. The van der Waals surface area contributed by atoms with Crippen LogP contribution in [0.15, 0.2) is 36.7 Å². The van der Waals surface area contributed by atoms with Gasteiger partial charge in [0.25, 0.3) is 0 Å². The lowest BCUT2D eigenvalue weighted by molar-refractivity contribution is 0.227. The number of anilines is 1. The van der Waals surface area contributed by atoms with Crippen molar-refractivity contribution >= 4 is 5.82 Å². The van der Waals surface area contributed by atoms with Crippen LogP contribution in [0.2, 0.25) is 0 Å². The third-order valence-corrected chi connectivity index (χ3v) is 6.46. The summed E-state index contributed by atoms with van der Waals surface area (Å²) in [5, 5.41) is 4.78. The molecule has 0 unspecified atom stereocenters. The number of hydrogen-bond donors (Lipinski definition) is 1. The van der Waals surface area contributed by atoms with Crippen molar-refractivity contribution in [3.05, 3.63) is 65.1 Å². The van der Waals surface area contributed by atoms with Gasteiger partial charge in [0, 0.05) is 48.1 Å². The lowest BCUT2D eigenvalue weighted by Gasteiger charge is -2.23. The molecule has 33 heavy (non-hydrogen) atoms. The zero-order chi connectivity index (χ0) is 22.9. The first-order valence-corrected chi connectivity index (χ1v) is 10.8. The Hall–Kier alpha value is -4.12. The highest BCUT2D eigenvalue weighted by Gasteiger charge is 2.34. The summed E-state index contributed by atoms with van der Waals surface area (Å²) >= 11 is 0. The second-order valence-corrected chi connectivity index (χ2v) is 8.50. The average molecular weight is 440 g/mol. The standard InChI is InChI=1S/C25H21FN6O/c1-4-19-24-14-9-21(25(27)28-11-14)33-13(2)17-10-15(26)5-6-16(17)23-18(12-31(3)30-23)20-7-8-22(29-19)32(20)24/h1,5-6,9-13,20H,7-8H2,2-3H3,(H2,27,28)/t13-,20-/m1/s1. The van der Waals surface area contributed by atoms with Crippen LogP contribution in [0.4, 0.5) is 10.2 Å². The number of pyridine rings is 1. The van der Waals surface area contributed by atoms with Gasteiger partial charge in [-0.15, -0.1) is 6.42 Å². The van der Waals surface area contributed by atoms with Gasteiger partial charge >= 0.3 is 0 Å². The molecule has 1 aromatic carbocycles. The lowest BCUT2D eigenvalue weighted by atomic mass is 9.94. The number of aromatic nitrogens is 5. The number of halogens is 1. The first-order chi connectivity index (χ1) is 15.9. The van der Waals surface area contributed by atoms with Crippen LogP contribution >= 0.6 is 0 Å². The van der Waals surface area contributed by atoms with Crippen molar-refractivity contribution in [2.45, 2.75) is 31.9 Å². The van der Waals surface area contributed by atoms with E-state index in [-0.39, 0.29) is 17.7 Å². The van der Waals surface area contributed by atoms with E-state index in [4.69, 9.17) is 27.0 Å². The van der Waals surface area contributed by atoms with Crippen LogP contribution in [0.25, 0.3) is 22.5 Å². The molecule has 8 heteroatoms. The number of imidazole rings is 1. The maximum absolute atomic E-state index is 14.3. The zero-order valence-corrected chi connectivity index (χ0v) is 18.2. The summed E-state index contributed by atoms with van der Waals surface area (Å²) in [5.74, 6) is 3.97. The highest BCUT2D eigenvalue weighted by atomic mass is 19.1. The first kappa shape index (κ1) is 19.6. The van der Waals surface area contributed by atoms with E-state index < -0.39 is 6.10 Å². The van der Waals surface area contributed by atoms with Crippen LogP contribution < -0.4 is 10.5 Å². The molecule has 2 atom stereocenters. The van der Waals surface area contributed by atoms with E-state index in [1.54, 1.807) is 16.9 Å². The molecule has 0 aliphatic carbocycles. The van der Waals surface area contributed by atoms with Crippen molar-refractivity contribution in [3.63, 3.8) is 0 Å². The van der Waals surface area contributed by atoms with Crippen LogP contribution in [0, 0.1) is 18.2 Å². The average Bonchev–Trinajstić information content (AvgIpc) is 3.47. The lowest BCUT2D eigenvalue weighted by Crippen LogP contribution is -2.12. The van der Waals surface area contributed by atoms with Gasteiger partial charge in [-0.05, 0) is 43.5 Å². The number of nitrogens with zero attached hydrogens (tertiary/aromatic N) is 5. The summed E-state index contributed by atoms with van der Waals surface area (Å²) in [5.41, 5.74) is 11.6. The number of hydrogen-bond acceptors (Lipinski definition) is 5. The van der Waals surface area contributed by atoms with Gasteiger partial charge < -0.3 is 15.0 Å². The normalized spacial score (nSPS) is 18.2.